The third kappa shape index (κ3) is 5.55. The number of benzene rings is 3. The van der Waals surface area contributed by atoms with Crippen LogP contribution in [-0.4, -0.2) is 17.5 Å². The highest BCUT2D eigenvalue weighted by Crippen LogP contribution is 2.26. The molecule has 0 aliphatic rings. The second-order valence-corrected chi connectivity index (χ2v) is 7.02. The first-order valence-electron chi connectivity index (χ1n) is 9.57. The molecular formula is C24H22ClN3O2. The highest BCUT2D eigenvalue weighted by atomic mass is 35.5. The molecule has 2 amide bonds. The molecule has 0 aliphatic carbocycles. The van der Waals surface area contributed by atoms with Crippen LogP contribution in [0.1, 0.15) is 25.3 Å². The van der Waals surface area contributed by atoms with Crippen LogP contribution in [-0.2, 0) is 9.59 Å². The molecule has 3 aromatic carbocycles. The molecule has 0 unspecified atom stereocenters. The smallest absolute Gasteiger partial charge is 0.240 e. The molecule has 3 rings (SSSR count). The first-order valence-corrected chi connectivity index (χ1v) is 9.95. The maximum atomic E-state index is 12.9. The fraction of sp³-hybridized carbons (Fsp3) is 0.125. The van der Waals surface area contributed by atoms with Crippen molar-refractivity contribution in [3.8, 4) is 0 Å². The van der Waals surface area contributed by atoms with Crippen molar-refractivity contribution in [3.05, 3.63) is 95.5 Å². The van der Waals surface area contributed by atoms with Crippen molar-refractivity contribution in [2.75, 3.05) is 4.90 Å². The third-order valence-electron chi connectivity index (χ3n) is 4.46. The van der Waals surface area contributed by atoms with Gasteiger partial charge in [-0.3, -0.25) is 14.5 Å². The molecule has 0 aromatic heterocycles. The molecule has 0 aliphatic heterocycles. The van der Waals surface area contributed by atoms with Gasteiger partial charge in [-0.1, -0.05) is 66.2 Å². The van der Waals surface area contributed by atoms with Gasteiger partial charge < -0.3 is 0 Å². The summed E-state index contributed by atoms with van der Waals surface area (Å²) in [5.74, 6) is -0.509. The summed E-state index contributed by atoms with van der Waals surface area (Å²) in [6.07, 6.45) is 0.0740. The van der Waals surface area contributed by atoms with E-state index >= 15 is 0 Å². The van der Waals surface area contributed by atoms with Gasteiger partial charge in [-0.15, -0.1) is 0 Å². The Labute approximate surface area is 181 Å². The van der Waals surface area contributed by atoms with Crippen molar-refractivity contribution in [1.82, 2.24) is 5.43 Å². The number of rotatable bonds is 7. The maximum absolute atomic E-state index is 12.9. The average molecular weight is 420 g/mol. The monoisotopic (exact) mass is 419 g/mol. The van der Waals surface area contributed by atoms with Crippen LogP contribution in [0.4, 0.5) is 11.4 Å². The van der Waals surface area contributed by atoms with E-state index in [1.54, 1.807) is 17.9 Å². The van der Waals surface area contributed by atoms with Crippen molar-refractivity contribution < 1.29 is 9.59 Å². The molecule has 0 radical (unpaired) electrons. The number of hydrogen-bond acceptors (Lipinski definition) is 3. The highest BCUT2D eigenvalue weighted by molar-refractivity contribution is 6.34. The lowest BCUT2D eigenvalue weighted by atomic mass is 10.1. The third-order valence-corrected chi connectivity index (χ3v) is 4.79. The molecule has 0 saturated heterocycles. The topological polar surface area (TPSA) is 61.8 Å². The quantitative estimate of drug-likeness (QED) is 0.416. The first kappa shape index (κ1) is 21.3. The van der Waals surface area contributed by atoms with E-state index in [1.165, 1.54) is 0 Å². The minimum atomic E-state index is -0.337. The van der Waals surface area contributed by atoms with Crippen molar-refractivity contribution in [2.45, 2.75) is 19.8 Å². The zero-order valence-corrected chi connectivity index (χ0v) is 17.3. The van der Waals surface area contributed by atoms with Crippen LogP contribution in [0.5, 0.6) is 0 Å². The van der Waals surface area contributed by atoms with Gasteiger partial charge in [-0.2, -0.15) is 5.10 Å². The summed E-state index contributed by atoms with van der Waals surface area (Å²) in [5, 5.41) is 4.66. The summed E-state index contributed by atoms with van der Waals surface area (Å²) in [7, 11) is 0. The second-order valence-electron chi connectivity index (χ2n) is 6.61. The van der Waals surface area contributed by atoms with E-state index in [0.717, 1.165) is 16.9 Å². The number of carbonyl (C=O) groups excluding carboxylic acids is 2. The fourth-order valence-electron chi connectivity index (χ4n) is 2.94. The molecule has 30 heavy (non-hydrogen) atoms. The van der Waals surface area contributed by atoms with E-state index in [4.69, 9.17) is 11.6 Å². The normalized spacial score (nSPS) is 11.1. The van der Waals surface area contributed by atoms with E-state index in [0.29, 0.717) is 10.7 Å². The zero-order valence-electron chi connectivity index (χ0n) is 16.6. The van der Waals surface area contributed by atoms with Crippen molar-refractivity contribution in [2.24, 2.45) is 5.10 Å². The van der Waals surface area contributed by atoms with Crippen LogP contribution in [0.2, 0.25) is 5.02 Å². The molecule has 0 spiro atoms. The van der Waals surface area contributed by atoms with Gasteiger partial charge in [0.1, 0.15) is 0 Å². The summed E-state index contributed by atoms with van der Waals surface area (Å²) in [4.78, 5) is 26.8. The molecule has 1 N–H and O–H groups in total. The number of anilines is 2. The number of hydrogen-bond donors (Lipinski definition) is 1. The van der Waals surface area contributed by atoms with E-state index in [1.807, 2.05) is 78.9 Å². The molecule has 6 heteroatoms. The molecule has 5 nitrogen and oxygen atoms in total. The number of carbonyl (C=O) groups is 2. The average Bonchev–Trinajstić information content (AvgIpc) is 2.78. The van der Waals surface area contributed by atoms with Crippen LogP contribution in [0.15, 0.2) is 90.0 Å². The number of para-hydroxylation sites is 2. The van der Waals surface area contributed by atoms with E-state index in [2.05, 4.69) is 10.5 Å². The van der Waals surface area contributed by atoms with E-state index < -0.39 is 0 Å². The van der Waals surface area contributed by atoms with Crippen LogP contribution in [0, 0.1) is 0 Å². The summed E-state index contributed by atoms with van der Waals surface area (Å²) < 4.78 is 0. The Morgan fingerprint density at radius 3 is 1.93 bits per heavy atom. The Hall–Kier alpha value is -3.44. The second kappa shape index (κ2) is 10.4. The lowest BCUT2D eigenvalue weighted by Gasteiger charge is -2.23. The number of halogens is 1. The predicted octanol–water partition coefficient (Wildman–Crippen LogP) is 5.33. The van der Waals surface area contributed by atoms with Gasteiger partial charge in [0.15, 0.2) is 0 Å². The number of amides is 2. The number of nitrogens with zero attached hydrogens (tertiary/aromatic N) is 2. The van der Waals surface area contributed by atoms with Crippen LogP contribution < -0.4 is 10.3 Å². The van der Waals surface area contributed by atoms with Crippen molar-refractivity contribution in [3.63, 3.8) is 0 Å². The molecule has 0 fully saturated rings. The lowest BCUT2D eigenvalue weighted by molar-refractivity contribution is -0.124. The van der Waals surface area contributed by atoms with Crippen LogP contribution in [0.25, 0.3) is 0 Å². The summed E-state index contributed by atoms with van der Waals surface area (Å²) in [6.45, 7) is 1.76. The molecule has 3 aromatic rings. The van der Waals surface area contributed by atoms with Crippen LogP contribution in [0.3, 0.4) is 0 Å². The SMILES string of the molecule is CC(=NNC(=O)CCC(=O)N(c1ccccc1)c1ccccc1)c1ccccc1Cl. The number of nitrogens with one attached hydrogen (secondary N) is 1. The molecule has 0 saturated carbocycles. The number of hydrazone groups is 1. The van der Waals surface area contributed by atoms with E-state index in [-0.39, 0.29) is 24.7 Å². The summed E-state index contributed by atoms with van der Waals surface area (Å²) in [5.41, 5.74) is 5.34. The van der Waals surface area contributed by atoms with Crippen molar-refractivity contribution in [1.29, 1.82) is 0 Å². The minimum Gasteiger partial charge on any atom is -0.281 e. The molecule has 0 bridgehead atoms. The zero-order chi connectivity index (χ0) is 21.3. The van der Waals surface area contributed by atoms with Gasteiger partial charge in [0.05, 0.1) is 5.71 Å². The Balaban J connectivity index is 1.65. The maximum Gasteiger partial charge on any atom is 0.240 e. The van der Waals surface area contributed by atoms with Gasteiger partial charge in [0.25, 0.3) is 0 Å². The van der Waals surface area contributed by atoms with Gasteiger partial charge in [0.2, 0.25) is 11.8 Å². The molecular weight excluding hydrogens is 398 g/mol. The largest absolute Gasteiger partial charge is 0.281 e. The van der Waals surface area contributed by atoms with Gasteiger partial charge >= 0.3 is 0 Å². The predicted molar refractivity (Wildman–Crippen MR) is 121 cm³/mol. The molecule has 0 heterocycles. The minimum absolute atomic E-state index is 0.0221. The molecule has 0 atom stereocenters. The van der Waals surface area contributed by atoms with Crippen molar-refractivity contribution >= 4 is 40.5 Å². The lowest BCUT2D eigenvalue weighted by Crippen LogP contribution is -2.28. The first-order chi connectivity index (χ1) is 14.6. The van der Waals surface area contributed by atoms with Crippen LogP contribution >= 0.6 is 11.6 Å². The summed E-state index contributed by atoms with van der Waals surface area (Å²) >= 11 is 6.14. The highest BCUT2D eigenvalue weighted by Gasteiger charge is 2.18. The Morgan fingerprint density at radius 1 is 0.833 bits per heavy atom. The van der Waals surface area contributed by atoms with Gasteiger partial charge in [-0.05, 0) is 37.3 Å². The standard InChI is InChI=1S/C24H22ClN3O2/c1-18(21-14-8-9-15-22(21)25)26-27-23(29)16-17-24(30)28(19-10-4-2-5-11-19)20-12-6-3-7-13-20/h2-15H,16-17H2,1H3,(H,27,29). The van der Waals surface area contributed by atoms with Gasteiger partial charge in [-0.25, -0.2) is 5.43 Å². The fourth-order valence-corrected chi connectivity index (χ4v) is 3.21. The molecule has 152 valence electrons. The Morgan fingerprint density at radius 2 is 1.37 bits per heavy atom. The van der Waals surface area contributed by atoms with Gasteiger partial charge in [0, 0.05) is 34.8 Å². The van der Waals surface area contributed by atoms with E-state index in [9.17, 15) is 9.59 Å². The summed E-state index contributed by atoms with van der Waals surface area (Å²) in [6, 6.07) is 26.0. The Bertz CT molecular complexity index is 997. The Kier molecular flexibility index (Phi) is 7.35.